The number of rotatable bonds is 6. The summed E-state index contributed by atoms with van der Waals surface area (Å²) in [4.78, 5) is 14.8. The van der Waals surface area contributed by atoms with Crippen LogP contribution in [0.4, 0.5) is 9.18 Å². The van der Waals surface area contributed by atoms with Crippen LogP contribution in [0, 0.1) is 5.82 Å². The van der Waals surface area contributed by atoms with Gasteiger partial charge in [0.1, 0.15) is 13.2 Å². The van der Waals surface area contributed by atoms with Crippen molar-refractivity contribution in [2.45, 2.75) is 38.4 Å². The molecule has 0 bridgehead atoms. The van der Waals surface area contributed by atoms with Crippen LogP contribution < -0.4 is 24.8 Å². The zero-order valence-electron chi connectivity index (χ0n) is 18.5. The highest BCUT2D eigenvalue weighted by Gasteiger charge is 2.22. The lowest BCUT2D eigenvalue weighted by atomic mass is 10.0. The van der Waals surface area contributed by atoms with Crippen LogP contribution in [0.3, 0.4) is 0 Å². The van der Waals surface area contributed by atoms with E-state index in [0.717, 1.165) is 42.8 Å². The molecule has 2 N–H and O–H groups in total. The number of halogens is 1. The third kappa shape index (κ3) is 5.43. The molecule has 0 saturated carbocycles. The van der Waals surface area contributed by atoms with Crippen LogP contribution in [0.25, 0.3) is 0 Å². The number of hydrogen-bond acceptors (Lipinski definition) is 5. The second-order valence-electron chi connectivity index (χ2n) is 8.26. The standard InChI is InChI=1S/C24H30FN3O4/c1-16(18-4-6-22-23(14-18)32-12-11-31-22)26-24(29)27-19-7-9-28(10-8-19)15-17-3-5-21(30-2)20(25)13-17/h3-6,13-14,16,19H,7-12,15H2,1-2H3,(H2,26,27,29). The van der Waals surface area contributed by atoms with Gasteiger partial charge in [0.05, 0.1) is 13.2 Å². The van der Waals surface area contributed by atoms with Crippen molar-refractivity contribution in [3.8, 4) is 17.2 Å². The molecule has 172 valence electrons. The Morgan fingerprint density at radius 2 is 1.91 bits per heavy atom. The predicted octanol–water partition coefficient (Wildman–Crippen LogP) is 3.63. The zero-order chi connectivity index (χ0) is 22.5. The molecular formula is C24H30FN3O4. The van der Waals surface area contributed by atoms with E-state index in [-0.39, 0.29) is 29.7 Å². The van der Waals surface area contributed by atoms with E-state index >= 15 is 0 Å². The highest BCUT2D eigenvalue weighted by molar-refractivity contribution is 5.74. The van der Waals surface area contributed by atoms with Gasteiger partial charge in [0.2, 0.25) is 0 Å². The van der Waals surface area contributed by atoms with Crippen molar-refractivity contribution in [1.29, 1.82) is 0 Å². The van der Waals surface area contributed by atoms with Crippen molar-refractivity contribution in [3.63, 3.8) is 0 Å². The van der Waals surface area contributed by atoms with E-state index in [1.165, 1.54) is 13.2 Å². The summed E-state index contributed by atoms with van der Waals surface area (Å²) in [5, 5.41) is 6.09. The molecule has 2 aliphatic rings. The van der Waals surface area contributed by atoms with Crippen LogP contribution in [0.15, 0.2) is 36.4 Å². The number of carbonyl (C=O) groups excluding carboxylic acids is 1. The quantitative estimate of drug-likeness (QED) is 0.714. The van der Waals surface area contributed by atoms with Crippen molar-refractivity contribution < 1.29 is 23.4 Å². The number of nitrogens with one attached hydrogen (secondary N) is 2. The smallest absolute Gasteiger partial charge is 0.315 e. The molecule has 7 nitrogen and oxygen atoms in total. The van der Waals surface area contributed by atoms with E-state index in [9.17, 15) is 9.18 Å². The van der Waals surface area contributed by atoms with Gasteiger partial charge in [0.25, 0.3) is 0 Å². The van der Waals surface area contributed by atoms with Gasteiger partial charge in [-0.1, -0.05) is 12.1 Å². The van der Waals surface area contributed by atoms with Gasteiger partial charge >= 0.3 is 6.03 Å². The van der Waals surface area contributed by atoms with E-state index in [0.29, 0.717) is 25.5 Å². The Bertz CT molecular complexity index is 947. The van der Waals surface area contributed by atoms with Crippen molar-refractivity contribution in [1.82, 2.24) is 15.5 Å². The Hall–Kier alpha value is -3.00. The average Bonchev–Trinajstić information content (AvgIpc) is 2.80. The molecule has 0 spiro atoms. The maximum absolute atomic E-state index is 13.9. The summed E-state index contributed by atoms with van der Waals surface area (Å²) in [6, 6.07) is 10.6. The first-order valence-electron chi connectivity index (χ1n) is 11.0. The van der Waals surface area contributed by atoms with Gasteiger partial charge < -0.3 is 24.8 Å². The number of carbonyl (C=O) groups is 1. The number of benzene rings is 2. The second-order valence-corrected chi connectivity index (χ2v) is 8.26. The first-order valence-corrected chi connectivity index (χ1v) is 11.0. The van der Waals surface area contributed by atoms with Gasteiger partial charge in [0, 0.05) is 25.7 Å². The molecule has 0 aromatic heterocycles. The number of fused-ring (bicyclic) bond motifs is 1. The van der Waals surface area contributed by atoms with Gasteiger partial charge in [0.15, 0.2) is 23.1 Å². The molecular weight excluding hydrogens is 413 g/mol. The van der Waals surface area contributed by atoms with Crippen LogP contribution in [-0.4, -0.2) is 50.4 Å². The number of piperidine rings is 1. The molecule has 2 aliphatic heterocycles. The molecule has 4 rings (SSSR count). The van der Waals surface area contributed by atoms with Gasteiger partial charge in [-0.25, -0.2) is 9.18 Å². The molecule has 32 heavy (non-hydrogen) atoms. The molecule has 0 radical (unpaired) electrons. The molecule has 2 aromatic rings. The summed E-state index contributed by atoms with van der Waals surface area (Å²) < 4.78 is 30.1. The fraction of sp³-hybridized carbons (Fsp3) is 0.458. The van der Waals surface area contributed by atoms with E-state index in [4.69, 9.17) is 14.2 Å². The molecule has 2 aromatic carbocycles. The Balaban J connectivity index is 1.22. The first kappa shape index (κ1) is 22.2. The first-order chi connectivity index (χ1) is 15.5. The van der Waals surface area contributed by atoms with Crippen LogP contribution in [0.2, 0.25) is 0 Å². The third-order valence-electron chi connectivity index (χ3n) is 5.96. The Labute approximate surface area is 187 Å². The normalized spacial score (nSPS) is 17.5. The summed E-state index contributed by atoms with van der Waals surface area (Å²) in [7, 11) is 1.46. The lowest BCUT2D eigenvalue weighted by Crippen LogP contribution is -2.48. The zero-order valence-corrected chi connectivity index (χ0v) is 18.5. The Morgan fingerprint density at radius 3 is 2.62 bits per heavy atom. The summed E-state index contributed by atoms with van der Waals surface area (Å²) >= 11 is 0. The molecule has 8 heteroatoms. The topological polar surface area (TPSA) is 72.1 Å². The van der Waals surface area contributed by atoms with E-state index in [1.807, 2.05) is 31.2 Å². The lowest BCUT2D eigenvalue weighted by Gasteiger charge is -2.32. The van der Waals surface area contributed by atoms with Crippen LogP contribution in [-0.2, 0) is 6.54 Å². The molecule has 1 saturated heterocycles. The van der Waals surface area contributed by atoms with E-state index in [1.54, 1.807) is 6.07 Å². The number of methoxy groups -OCH3 is 1. The number of hydrogen-bond donors (Lipinski definition) is 2. The van der Waals surface area contributed by atoms with Gasteiger partial charge in [-0.15, -0.1) is 0 Å². The predicted molar refractivity (Wildman–Crippen MR) is 119 cm³/mol. The summed E-state index contributed by atoms with van der Waals surface area (Å²) in [5.41, 5.74) is 1.88. The Morgan fingerprint density at radius 1 is 1.16 bits per heavy atom. The number of amides is 2. The van der Waals surface area contributed by atoms with Crippen LogP contribution in [0.5, 0.6) is 17.2 Å². The average molecular weight is 444 g/mol. The third-order valence-corrected chi connectivity index (χ3v) is 5.96. The largest absolute Gasteiger partial charge is 0.494 e. The molecule has 1 unspecified atom stereocenters. The minimum absolute atomic E-state index is 0.117. The van der Waals surface area contributed by atoms with Gasteiger partial charge in [-0.05, 0) is 55.2 Å². The monoisotopic (exact) mass is 443 g/mol. The van der Waals surface area contributed by atoms with Crippen molar-refractivity contribution in [3.05, 3.63) is 53.3 Å². The minimum Gasteiger partial charge on any atom is -0.494 e. The molecule has 2 amide bonds. The summed E-state index contributed by atoms with van der Waals surface area (Å²) in [5.74, 6) is 1.37. The van der Waals surface area contributed by atoms with Gasteiger partial charge in [-0.3, -0.25) is 4.90 Å². The maximum atomic E-state index is 13.9. The second kappa shape index (κ2) is 10.1. The number of nitrogens with zero attached hydrogens (tertiary/aromatic N) is 1. The fourth-order valence-electron chi connectivity index (χ4n) is 4.14. The van der Waals surface area contributed by atoms with Crippen molar-refractivity contribution >= 4 is 6.03 Å². The van der Waals surface area contributed by atoms with Crippen molar-refractivity contribution in [2.24, 2.45) is 0 Å². The van der Waals surface area contributed by atoms with Crippen LogP contribution in [0.1, 0.15) is 36.9 Å². The lowest BCUT2D eigenvalue weighted by molar-refractivity contribution is 0.171. The summed E-state index contributed by atoms with van der Waals surface area (Å²) in [6.07, 6.45) is 1.70. The van der Waals surface area contributed by atoms with Crippen LogP contribution >= 0.6 is 0 Å². The maximum Gasteiger partial charge on any atom is 0.315 e. The van der Waals surface area contributed by atoms with Crippen molar-refractivity contribution in [2.75, 3.05) is 33.4 Å². The van der Waals surface area contributed by atoms with E-state index < -0.39 is 0 Å². The number of ether oxygens (including phenoxy) is 3. The highest BCUT2D eigenvalue weighted by Crippen LogP contribution is 2.32. The SMILES string of the molecule is COc1ccc(CN2CCC(NC(=O)NC(C)c3ccc4c(c3)OCCO4)CC2)cc1F. The fourth-order valence-corrected chi connectivity index (χ4v) is 4.14. The minimum atomic E-state index is -0.342. The van der Waals surface area contributed by atoms with Gasteiger partial charge in [-0.2, -0.15) is 0 Å². The van der Waals surface area contributed by atoms with E-state index in [2.05, 4.69) is 15.5 Å². The Kier molecular flexibility index (Phi) is 6.99. The molecule has 0 aliphatic carbocycles. The number of likely N-dealkylation sites (tertiary alicyclic amines) is 1. The highest BCUT2D eigenvalue weighted by atomic mass is 19.1. The summed E-state index contributed by atoms with van der Waals surface area (Å²) in [6.45, 7) is 5.40. The molecule has 1 atom stereocenters. The molecule has 1 fully saturated rings. The molecule has 2 heterocycles. The number of urea groups is 1.